The van der Waals surface area contributed by atoms with Crippen molar-refractivity contribution in [3.8, 4) is 0 Å². The summed E-state index contributed by atoms with van der Waals surface area (Å²) in [5.74, 6) is -1.57. The SMILES string of the molecule is COP(=O)(OC)[C@@H](NC(=O)/C=C/c1ccccc1)c1nnc(Nc2ccccc2)s1. The molecule has 0 aliphatic rings. The number of aromatic nitrogens is 2. The molecule has 3 rings (SSSR count). The van der Waals surface area contributed by atoms with E-state index in [1.165, 1.54) is 20.3 Å². The van der Waals surface area contributed by atoms with Crippen LogP contribution in [0.4, 0.5) is 10.8 Å². The minimum absolute atomic E-state index is 0.293. The van der Waals surface area contributed by atoms with Crippen molar-refractivity contribution in [1.29, 1.82) is 0 Å². The molecule has 2 N–H and O–H groups in total. The number of hydrogen-bond acceptors (Lipinski definition) is 8. The largest absolute Gasteiger partial charge is 0.359 e. The van der Waals surface area contributed by atoms with Crippen LogP contribution in [0.2, 0.25) is 0 Å². The predicted molar refractivity (Wildman–Crippen MR) is 118 cm³/mol. The molecule has 0 aliphatic heterocycles. The van der Waals surface area contributed by atoms with E-state index in [-0.39, 0.29) is 0 Å². The zero-order valence-corrected chi connectivity index (χ0v) is 18.1. The van der Waals surface area contributed by atoms with Crippen LogP contribution in [0.15, 0.2) is 66.7 Å². The molecule has 30 heavy (non-hydrogen) atoms. The average Bonchev–Trinajstić information content (AvgIpc) is 3.25. The number of benzene rings is 2. The molecule has 1 aromatic heterocycles. The Hall–Kier alpha value is -2.84. The Morgan fingerprint density at radius 3 is 2.30 bits per heavy atom. The molecule has 0 aliphatic carbocycles. The first kappa shape index (κ1) is 21.9. The molecule has 1 heterocycles. The molecule has 0 unspecified atom stereocenters. The van der Waals surface area contributed by atoms with Gasteiger partial charge in [-0.3, -0.25) is 9.36 Å². The van der Waals surface area contributed by atoms with Gasteiger partial charge in [-0.2, -0.15) is 0 Å². The summed E-state index contributed by atoms with van der Waals surface area (Å²) in [6, 6.07) is 18.8. The zero-order valence-electron chi connectivity index (χ0n) is 16.4. The summed E-state index contributed by atoms with van der Waals surface area (Å²) in [5.41, 5.74) is 1.68. The lowest BCUT2D eigenvalue weighted by molar-refractivity contribution is -0.116. The van der Waals surface area contributed by atoms with Crippen molar-refractivity contribution in [2.45, 2.75) is 5.78 Å². The van der Waals surface area contributed by atoms with Gasteiger partial charge in [0.15, 0.2) is 10.8 Å². The molecule has 0 saturated carbocycles. The topological polar surface area (TPSA) is 102 Å². The predicted octanol–water partition coefficient (Wildman–Crippen LogP) is 4.60. The number of anilines is 2. The Bertz CT molecular complexity index is 1040. The van der Waals surface area contributed by atoms with Crippen LogP contribution in [-0.4, -0.2) is 30.3 Å². The monoisotopic (exact) mass is 444 g/mol. The fourth-order valence-electron chi connectivity index (χ4n) is 2.52. The number of carbonyl (C=O) groups is 1. The van der Waals surface area contributed by atoms with Gasteiger partial charge in [0.1, 0.15) is 0 Å². The molecular weight excluding hydrogens is 423 g/mol. The van der Waals surface area contributed by atoms with Gasteiger partial charge in [0, 0.05) is 26.0 Å². The molecule has 156 valence electrons. The number of nitrogens with one attached hydrogen (secondary N) is 2. The third-order valence-electron chi connectivity index (χ3n) is 4.03. The van der Waals surface area contributed by atoms with E-state index in [1.807, 2.05) is 60.7 Å². The standard InChI is InChI=1S/C20H21N4O4PS/c1-27-29(26,28-2)18(22-17(25)14-13-15-9-5-3-6-10-15)19-23-24-20(30-19)21-16-11-7-4-8-12-16/h3-14,18H,1-2H3,(H,21,24)(H,22,25)/b14-13+/t18-/m1/s1. The number of nitrogens with zero attached hydrogens (tertiary/aromatic N) is 2. The minimum atomic E-state index is -3.72. The zero-order chi connectivity index (χ0) is 21.4. The summed E-state index contributed by atoms with van der Waals surface area (Å²) in [6.07, 6.45) is 3.00. The van der Waals surface area contributed by atoms with Crippen LogP contribution in [0.5, 0.6) is 0 Å². The number of carbonyl (C=O) groups excluding carboxylic acids is 1. The van der Waals surface area contributed by atoms with E-state index in [4.69, 9.17) is 9.05 Å². The summed E-state index contributed by atoms with van der Waals surface area (Å²) < 4.78 is 23.3. The van der Waals surface area contributed by atoms with E-state index >= 15 is 0 Å². The fraction of sp³-hybridized carbons (Fsp3) is 0.150. The van der Waals surface area contributed by atoms with Crippen LogP contribution < -0.4 is 10.6 Å². The maximum Gasteiger partial charge on any atom is 0.359 e. The summed E-state index contributed by atoms with van der Waals surface area (Å²) in [6.45, 7) is 0. The van der Waals surface area contributed by atoms with Crippen molar-refractivity contribution in [3.05, 3.63) is 77.3 Å². The Morgan fingerprint density at radius 2 is 1.67 bits per heavy atom. The summed E-state index contributed by atoms with van der Waals surface area (Å²) in [5, 5.41) is 14.7. The van der Waals surface area contributed by atoms with Crippen LogP contribution >= 0.6 is 18.9 Å². The third kappa shape index (κ3) is 5.61. The molecule has 0 saturated heterocycles. The maximum absolute atomic E-state index is 13.1. The molecule has 0 fully saturated rings. The molecule has 1 atom stereocenters. The van der Waals surface area contributed by atoms with Gasteiger partial charge in [-0.1, -0.05) is 59.9 Å². The average molecular weight is 444 g/mol. The van der Waals surface area contributed by atoms with Crippen molar-refractivity contribution in [2.75, 3.05) is 19.5 Å². The van der Waals surface area contributed by atoms with Crippen molar-refractivity contribution >= 4 is 41.7 Å². The molecule has 10 heteroatoms. The second kappa shape index (κ2) is 10.3. The molecule has 2 aromatic carbocycles. The number of rotatable bonds is 9. The number of hydrogen-bond donors (Lipinski definition) is 2. The molecule has 8 nitrogen and oxygen atoms in total. The Balaban J connectivity index is 1.80. The van der Waals surface area contributed by atoms with E-state index in [1.54, 1.807) is 6.08 Å². The minimum Gasteiger partial charge on any atom is -0.333 e. The number of para-hydroxylation sites is 1. The van der Waals surface area contributed by atoms with Crippen LogP contribution in [0.3, 0.4) is 0 Å². The van der Waals surface area contributed by atoms with E-state index in [9.17, 15) is 9.36 Å². The molecule has 0 bridgehead atoms. The summed E-state index contributed by atoms with van der Waals surface area (Å²) >= 11 is 1.15. The van der Waals surface area contributed by atoms with Gasteiger partial charge in [-0.05, 0) is 23.8 Å². The molecule has 0 spiro atoms. The first-order valence-corrected chi connectivity index (χ1v) is 11.4. The van der Waals surface area contributed by atoms with Crippen molar-refractivity contribution in [3.63, 3.8) is 0 Å². The highest BCUT2D eigenvalue weighted by Gasteiger charge is 2.39. The summed E-state index contributed by atoms with van der Waals surface area (Å²) in [7, 11) is -1.20. The molecular formula is C20H21N4O4PS. The van der Waals surface area contributed by atoms with Gasteiger partial charge in [-0.15, -0.1) is 10.2 Å². The van der Waals surface area contributed by atoms with Crippen LogP contribution in [0.1, 0.15) is 16.4 Å². The Labute approximate surface area is 178 Å². The molecule has 3 aromatic rings. The third-order valence-corrected chi connectivity index (χ3v) is 7.13. The quantitative estimate of drug-likeness (QED) is 0.367. The normalized spacial score (nSPS) is 12.6. The van der Waals surface area contributed by atoms with Crippen LogP contribution in [-0.2, 0) is 18.4 Å². The first-order valence-electron chi connectivity index (χ1n) is 8.94. The lowest BCUT2D eigenvalue weighted by Gasteiger charge is -2.22. The molecule has 1 amide bonds. The van der Waals surface area contributed by atoms with Gasteiger partial charge in [0.2, 0.25) is 11.0 Å². The Morgan fingerprint density at radius 1 is 1.03 bits per heavy atom. The van der Waals surface area contributed by atoms with Gasteiger partial charge >= 0.3 is 7.60 Å². The van der Waals surface area contributed by atoms with Crippen LogP contribution in [0.25, 0.3) is 6.08 Å². The lowest BCUT2D eigenvalue weighted by Crippen LogP contribution is -2.27. The smallest absolute Gasteiger partial charge is 0.333 e. The second-order valence-corrected chi connectivity index (χ2v) is 9.33. The van der Waals surface area contributed by atoms with Gasteiger partial charge in [0.25, 0.3) is 0 Å². The lowest BCUT2D eigenvalue weighted by atomic mass is 10.2. The summed E-state index contributed by atoms with van der Waals surface area (Å²) in [4.78, 5) is 12.5. The van der Waals surface area contributed by atoms with Crippen molar-refractivity contribution < 1.29 is 18.4 Å². The second-order valence-electron chi connectivity index (χ2n) is 6.00. The van der Waals surface area contributed by atoms with Gasteiger partial charge < -0.3 is 19.7 Å². The van der Waals surface area contributed by atoms with Gasteiger partial charge in [0.05, 0.1) is 0 Å². The maximum atomic E-state index is 13.1. The first-order chi connectivity index (χ1) is 14.5. The van der Waals surface area contributed by atoms with Crippen molar-refractivity contribution in [2.24, 2.45) is 0 Å². The van der Waals surface area contributed by atoms with E-state index in [2.05, 4.69) is 20.8 Å². The highest BCUT2D eigenvalue weighted by Crippen LogP contribution is 2.59. The van der Waals surface area contributed by atoms with Crippen LogP contribution in [0, 0.1) is 0 Å². The highest BCUT2D eigenvalue weighted by atomic mass is 32.1. The van der Waals surface area contributed by atoms with Crippen molar-refractivity contribution in [1.82, 2.24) is 15.5 Å². The van der Waals surface area contributed by atoms with Gasteiger partial charge in [-0.25, -0.2) is 0 Å². The highest BCUT2D eigenvalue weighted by molar-refractivity contribution is 7.54. The van der Waals surface area contributed by atoms with E-state index in [0.29, 0.717) is 10.1 Å². The Kier molecular flexibility index (Phi) is 7.48. The molecule has 0 radical (unpaired) electrons. The van der Waals surface area contributed by atoms with E-state index < -0.39 is 19.3 Å². The fourth-order valence-corrected chi connectivity index (χ4v) is 4.95. The van der Waals surface area contributed by atoms with E-state index in [0.717, 1.165) is 22.6 Å². The number of amides is 1.